The topological polar surface area (TPSA) is 809 Å². The van der Waals surface area contributed by atoms with E-state index in [0.29, 0.717) is 44.0 Å². The molecule has 0 aromatic heterocycles. The molecule has 4 heterocycles. The summed E-state index contributed by atoms with van der Waals surface area (Å²) in [6.07, 6.45) is -37.0. The zero-order valence-electron chi connectivity index (χ0n) is 46.7. The van der Waals surface area contributed by atoms with Crippen molar-refractivity contribution in [2.75, 3.05) is 32.9 Å². The molecule has 54 nitrogen and oxygen atoms in total. The Hall–Kier alpha value is -2.16. The van der Waals surface area contributed by atoms with Gasteiger partial charge in [0.15, 0.2) is 18.9 Å². The van der Waals surface area contributed by atoms with E-state index in [1.165, 1.54) is 0 Å². The average molecular weight is 1300 g/mol. The molecule has 6 fully saturated rings. The molecule has 54 heteroatoms. The van der Waals surface area contributed by atoms with Crippen LogP contribution >= 0.6 is 0 Å². The van der Waals surface area contributed by atoms with Crippen LogP contribution in [0.1, 0.15) is 38.5 Å². The summed E-state index contributed by atoms with van der Waals surface area (Å²) >= 11 is 0. The van der Waals surface area contributed by atoms with Gasteiger partial charge in [-0.15, -0.1) is 20.9 Å². The van der Waals surface area contributed by atoms with E-state index >= 15 is 0 Å². The molecule has 88 heavy (non-hydrogen) atoms. The third-order valence-corrected chi connectivity index (χ3v) is 14.5. The number of aliphatic hydroxyl groups is 13. The molecular formula is C34H88N30O24. The van der Waals surface area contributed by atoms with Crippen molar-refractivity contribution < 1.29 is 119 Å². The van der Waals surface area contributed by atoms with Crippen LogP contribution in [0, 0.1) is 5.92 Å². The van der Waals surface area contributed by atoms with Crippen LogP contribution in [0.15, 0.2) is 0 Å². The number of hydrogen-bond acceptors (Lipinski definition) is 54. The van der Waals surface area contributed by atoms with Crippen molar-refractivity contribution in [3.8, 4) is 0 Å². The smallest absolute Gasteiger partial charge is 0.250 e. The number of hydroxylamine groups is 1. The first kappa shape index (κ1) is 74.9. The van der Waals surface area contributed by atoms with Gasteiger partial charge in [0.25, 0.3) is 0 Å². The van der Waals surface area contributed by atoms with Crippen LogP contribution in [0.5, 0.6) is 0 Å². The van der Waals surface area contributed by atoms with E-state index in [0.717, 1.165) is 25.7 Å². The minimum Gasteiger partial charge on any atom is -0.394 e. The highest BCUT2D eigenvalue weighted by atomic mass is 17.2. The fraction of sp³-hybridized carbons (Fsp3) is 1.00. The first-order chi connectivity index (χ1) is 41.3. The minimum atomic E-state index is -3.33. The van der Waals surface area contributed by atoms with Gasteiger partial charge in [0.1, 0.15) is 91.6 Å². The molecule has 6 aliphatic rings. The van der Waals surface area contributed by atoms with Gasteiger partial charge in [0, 0.05) is 0 Å². The van der Waals surface area contributed by atoms with Crippen molar-refractivity contribution in [2.45, 2.75) is 173 Å². The lowest BCUT2D eigenvalue weighted by Crippen LogP contribution is -2.83. The molecule has 9 unspecified atom stereocenters. The van der Waals surface area contributed by atoms with E-state index in [1.807, 2.05) is 0 Å². The van der Waals surface area contributed by atoms with Crippen molar-refractivity contribution in [1.29, 1.82) is 0 Å². The second kappa shape index (κ2) is 32.8. The van der Waals surface area contributed by atoms with Gasteiger partial charge in [-0.3, -0.25) is 10.7 Å². The Morgan fingerprint density at radius 1 is 0.511 bits per heavy atom. The van der Waals surface area contributed by atoms with Crippen LogP contribution in [0.25, 0.3) is 0 Å². The third kappa shape index (κ3) is 17.0. The summed E-state index contributed by atoms with van der Waals surface area (Å²) in [5.74, 6) is 81.0. The standard InChI is InChI=1S/C34H88N30O24/c35-53(28(49-78)26-19(69)18(68)21(71)30(84-26)83-25-14(9-65)81-29(23(73)20(25)70)79-10-12-3-1-4-12)61(54(36)37)51(62(55(38)39)56(40)41)7-8-52(63(57(42)43)58(44)45)64(59(46)47)60(48)50-80-11-15-16(66)17(67)22(72)31(82-15)86-34(77)27(75)24(74)32(85-33(34)76)88-87-13-5-2-6-13/h12-33,49-50,65-78H,1-11,35-48H2/t14?,15?,16-,17?,18?,19+,20?,21+,22+,23+,24+,25-,26?,27?,28?,29-,30+,31-,32+,33?,34+/m0/s1. The quantitative estimate of drug-likeness (QED) is 0.0126. The minimum absolute atomic E-state index is 0.0892. The lowest BCUT2D eigenvalue weighted by molar-refractivity contribution is -0.506. The summed E-state index contributed by atoms with van der Waals surface area (Å²) in [5, 5.41) is 157. The summed E-state index contributed by atoms with van der Waals surface area (Å²) in [6.45, 7) is -3.59. The van der Waals surface area contributed by atoms with Crippen molar-refractivity contribution in [3.05, 3.63) is 0 Å². The molecule has 6 rings (SSSR count). The Morgan fingerprint density at radius 3 is 1.52 bits per heavy atom. The van der Waals surface area contributed by atoms with Gasteiger partial charge in [-0.05, 0) is 58.9 Å². The molecule has 0 spiro atoms. The van der Waals surface area contributed by atoms with E-state index in [2.05, 4.69) is 5.59 Å². The third-order valence-electron chi connectivity index (χ3n) is 14.5. The second-order valence-corrected chi connectivity index (χ2v) is 20.5. The maximum atomic E-state index is 11.4. The molecular weight excluding hydrogens is 1210 g/mol. The fourth-order valence-electron chi connectivity index (χ4n) is 9.35. The lowest BCUT2D eigenvalue weighted by Gasteiger charge is -2.52. The zero-order valence-corrected chi connectivity index (χ0v) is 46.7. The molecule has 44 N–H and O–H groups in total. The SMILES string of the molecule is NN(N)N(N(N)N)N(CCN(N(N(N)N)N(N)N)N(N(N)N)N(N)C(NO)C1O[C@@H](O[C@H]2C(CO)O[C@H](OCC3CCC3)[C@H](O)C2O)[C@H](O)C(O)[C@H]1O)N(N(N)N)N(N)NOCC1O[C@@H](O[C@@]2(O)C(O)O[C@H](OOC3CCC3)[C@H](O)C2O)[C@H](O)C(O)[C@H]1O. The van der Waals surface area contributed by atoms with Gasteiger partial charge < -0.3 is 105 Å². The highest BCUT2D eigenvalue weighted by molar-refractivity contribution is 4.98. The van der Waals surface area contributed by atoms with Gasteiger partial charge in [-0.1, -0.05) is 43.0 Å². The van der Waals surface area contributed by atoms with Crippen molar-refractivity contribution in [3.63, 3.8) is 0 Å². The Balaban J connectivity index is 1.20. The molecule has 0 aromatic rings. The highest BCUT2D eigenvalue weighted by Gasteiger charge is 2.61. The largest absolute Gasteiger partial charge is 0.394 e. The molecule has 0 aromatic carbocycles. The number of hydrazine groups is 27. The molecule has 518 valence electrons. The van der Waals surface area contributed by atoms with Gasteiger partial charge in [-0.25, -0.2) is 85.7 Å². The summed E-state index contributed by atoms with van der Waals surface area (Å²) in [6, 6.07) is 0. The Morgan fingerprint density at radius 2 is 1.02 bits per heavy atom. The van der Waals surface area contributed by atoms with Gasteiger partial charge in [-0.2, -0.15) is 5.48 Å². The highest BCUT2D eigenvalue weighted by Crippen LogP contribution is 2.37. The Labute approximate surface area is 497 Å². The number of nitrogens with one attached hydrogen (secondary N) is 2. The van der Waals surface area contributed by atoms with Crippen LogP contribution in [-0.2, 0) is 47.8 Å². The molecule has 2 aliphatic carbocycles. The molecule has 4 aliphatic heterocycles. The van der Waals surface area contributed by atoms with Gasteiger partial charge in [0.2, 0.25) is 18.4 Å². The van der Waals surface area contributed by atoms with E-state index in [1.54, 1.807) is 5.48 Å². The second-order valence-electron chi connectivity index (χ2n) is 20.5. The molecule has 0 radical (unpaired) electrons. The Bertz CT molecular complexity index is 2050. The first-order valence-electron chi connectivity index (χ1n) is 26.4. The summed E-state index contributed by atoms with van der Waals surface area (Å²) in [4.78, 5) is 15.5. The maximum Gasteiger partial charge on any atom is 0.250 e. The number of rotatable bonds is 33. The van der Waals surface area contributed by atoms with Crippen molar-refractivity contribution in [2.24, 2.45) is 87.7 Å². The summed E-state index contributed by atoms with van der Waals surface area (Å²) in [5.41, 5.74) is 3.75. The number of nitrogens with two attached hydrogens (primary N) is 14. The zero-order chi connectivity index (χ0) is 65.5. The van der Waals surface area contributed by atoms with Crippen LogP contribution in [0.2, 0.25) is 0 Å². The van der Waals surface area contributed by atoms with E-state index in [4.69, 9.17) is 130 Å². The van der Waals surface area contributed by atoms with Gasteiger partial charge in [0.05, 0.1) is 39.0 Å². The van der Waals surface area contributed by atoms with E-state index < -0.39 is 155 Å². The molecule has 0 amide bonds. The van der Waals surface area contributed by atoms with Gasteiger partial charge >= 0.3 is 0 Å². The fourth-order valence-corrected chi connectivity index (χ4v) is 9.35. The van der Waals surface area contributed by atoms with Crippen LogP contribution in [0.3, 0.4) is 0 Å². The van der Waals surface area contributed by atoms with Crippen LogP contribution in [-0.4, -0.2) is 312 Å². The van der Waals surface area contributed by atoms with Crippen LogP contribution < -0.4 is 92.9 Å². The maximum absolute atomic E-state index is 11.4. The average Bonchev–Trinajstić information content (AvgIpc) is 3.47. The normalized spacial score (nSPS) is 37.1. The van der Waals surface area contributed by atoms with Crippen molar-refractivity contribution in [1.82, 2.24) is 83.9 Å². The van der Waals surface area contributed by atoms with Crippen LogP contribution in [0.4, 0.5) is 0 Å². The Kier molecular flexibility index (Phi) is 27.9. The number of ether oxygens (including phenoxy) is 7. The van der Waals surface area contributed by atoms with E-state index in [-0.39, 0.29) is 60.3 Å². The predicted molar refractivity (Wildman–Crippen MR) is 270 cm³/mol. The van der Waals surface area contributed by atoms with Crippen molar-refractivity contribution >= 4 is 0 Å². The molecule has 4 saturated heterocycles. The summed E-state index contributed by atoms with van der Waals surface area (Å²) in [7, 11) is 0. The predicted octanol–water partition coefficient (Wildman–Crippen LogP) is -21.0. The first-order valence-corrected chi connectivity index (χ1v) is 26.4. The monoisotopic (exact) mass is 1300 g/mol. The molecule has 2 saturated carbocycles. The van der Waals surface area contributed by atoms with E-state index in [9.17, 15) is 71.6 Å². The molecule has 0 bridgehead atoms. The number of aliphatic hydroxyl groups excluding tert-OH is 12. The number of nitrogens with zero attached hydrogens (tertiary/aromatic N) is 14. The lowest BCUT2D eigenvalue weighted by atomic mass is 9.86. The summed E-state index contributed by atoms with van der Waals surface area (Å²) < 4.78 is 38.9. The number of hydrogen-bond donors (Lipinski definition) is 30. The molecule has 21 atom stereocenters.